The molecule has 4 aromatic rings. The van der Waals surface area contributed by atoms with E-state index in [4.69, 9.17) is 4.98 Å². The summed E-state index contributed by atoms with van der Waals surface area (Å²) in [5.74, 6) is 1.63. The predicted molar refractivity (Wildman–Crippen MR) is 108 cm³/mol. The zero-order valence-corrected chi connectivity index (χ0v) is 15.5. The Hall–Kier alpha value is -3.55. The van der Waals surface area contributed by atoms with Crippen LogP contribution < -0.4 is 10.2 Å². The number of nitrogens with zero attached hydrogens (tertiary/aromatic N) is 7. The van der Waals surface area contributed by atoms with E-state index < -0.39 is 0 Å². The Bertz CT molecular complexity index is 1120. The molecule has 140 valence electrons. The number of aryl methyl sites for hydroxylation is 1. The van der Waals surface area contributed by atoms with Crippen molar-refractivity contribution in [1.82, 2.24) is 29.7 Å². The molecular formula is C20H20N8. The van der Waals surface area contributed by atoms with E-state index in [1.165, 1.54) is 0 Å². The number of pyridine rings is 2. The largest absolute Gasteiger partial charge is 0.365 e. The van der Waals surface area contributed by atoms with Crippen LogP contribution in [0.15, 0.2) is 55.2 Å². The van der Waals surface area contributed by atoms with Gasteiger partial charge in [-0.25, -0.2) is 15.0 Å². The van der Waals surface area contributed by atoms with Crippen molar-refractivity contribution >= 4 is 22.7 Å². The highest BCUT2D eigenvalue weighted by Gasteiger charge is 2.25. The minimum absolute atomic E-state index is 0.281. The molecule has 5 heterocycles. The SMILES string of the molecule is Cn1cc(-c2ccnc(N3CCC(Nc4nccc5ncccc45)C3)n2)cn1. The molecule has 28 heavy (non-hydrogen) atoms. The summed E-state index contributed by atoms with van der Waals surface area (Å²) in [6.45, 7) is 1.73. The minimum atomic E-state index is 0.281. The fourth-order valence-electron chi connectivity index (χ4n) is 3.59. The Kier molecular flexibility index (Phi) is 4.08. The van der Waals surface area contributed by atoms with Gasteiger partial charge in [0.1, 0.15) is 5.82 Å². The van der Waals surface area contributed by atoms with Gasteiger partial charge in [0.05, 0.1) is 17.4 Å². The maximum Gasteiger partial charge on any atom is 0.225 e. The number of fused-ring (bicyclic) bond motifs is 1. The van der Waals surface area contributed by atoms with Crippen molar-refractivity contribution in [2.75, 3.05) is 23.3 Å². The lowest BCUT2D eigenvalue weighted by atomic mass is 10.2. The Morgan fingerprint density at radius 1 is 1.07 bits per heavy atom. The Balaban J connectivity index is 1.33. The quantitative estimate of drug-likeness (QED) is 0.589. The fraction of sp³-hybridized carbons (Fsp3) is 0.250. The van der Waals surface area contributed by atoms with Crippen LogP contribution in [-0.4, -0.2) is 48.8 Å². The van der Waals surface area contributed by atoms with Gasteiger partial charge in [0, 0.05) is 61.9 Å². The van der Waals surface area contributed by atoms with Gasteiger partial charge >= 0.3 is 0 Å². The van der Waals surface area contributed by atoms with Gasteiger partial charge in [0.2, 0.25) is 5.95 Å². The molecule has 0 aliphatic carbocycles. The van der Waals surface area contributed by atoms with Crippen LogP contribution in [0, 0.1) is 0 Å². The molecule has 1 aliphatic rings. The summed E-state index contributed by atoms with van der Waals surface area (Å²) < 4.78 is 1.78. The molecule has 1 saturated heterocycles. The van der Waals surface area contributed by atoms with E-state index in [9.17, 15) is 0 Å². The van der Waals surface area contributed by atoms with Crippen molar-refractivity contribution in [2.24, 2.45) is 7.05 Å². The molecule has 4 aromatic heterocycles. The first-order valence-electron chi connectivity index (χ1n) is 9.29. The molecule has 1 atom stereocenters. The predicted octanol–water partition coefficient (Wildman–Crippen LogP) is 2.51. The fourth-order valence-corrected chi connectivity index (χ4v) is 3.59. The molecule has 8 nitrogen and oxygen atoms in total. The summed E-state index contributed by atoms with van der Waals surface area (Å²) in [6, 6.07) is 8.11. The van der Waals surface area contributed by atoms with E-state index in [1.54, 1.807) is 17.1 Å². The lowest BCUT2D eigenvalue weighted by Crippen LogP contribution is -2.27. The zero-order chi connectivity index (χ0) is 18.9. The molecule has 0 aromatic carbocycles. The summed E-state index contributed by atoms with van der Waals surface area (Å²) in [4.78, 5) is 20.3. The van der Waals surface area contributed by atoms with Gasteiger partial charge in [-0.2, -0.15) is 5.10 Å². The number of nitrogens with one attached hydrogen (secondary N) is 1. The molecule has 0 radical (unpaired) electrons. The maximum atomic E-state index is 4.74. The van der Waals surface area contributed by atoms with Crippen LogP contribution in [0.25, 0.3) is 22.2 Å². The first-order chi connectivity index (χ1) is 13.8. The van der Waals surface area contributed by atoms with Crippen molar-refractivity contribution in [1.29, 1.82) is 0 Å². The van der Waals surface area contributed by atoms with Crippen molar-refractivity contribution in [3.05, 3.63) is 55.2 Å². The van der Waals surface area contributed by atoms with Crippen molar-refractivity contribution in [2.45, 2.75) is 12.5 Å². The number of rotatable bonds is 4. The van der Waals surface area contributed by atoms with Crippen molar-refractivity contribution in [3.8, 4) is 11.3 Å². The first kappa shape index (κ1) is 16.6. The number of anilines is 2. The normalized spacial score (nSPS) is 16.6. The lowest BCUT2D eigenvalue weighted by molar-refractivity contribution is 0.768. The van der Waals surface area contributed by atoms with E-state index >= 15 is 0 Å². The molecule has 0 bridgehead atoms. The van der Waals surface area contributed by atoms with Crippen LogP contribution in [0.1, 0.15) is 6.42 Å². The highest BCUT2D eigenvalue weighted by Crippen LogP contribution is 2.24. The topological polar surface area (TPSA) is 84.7 Å². The van der Waals surface area contributed by atoms with Crippen LogP contribution in [0.5, 0.6) is 0 Å². The Morgan fingerprint density at radius 3 is 2.89 bits per heavy atom. The second kappa shape index (κ2) is 6.88. The average molecular weight is 372 g/mol. The molecule has 5 rings (SSSR count). The van der Waals surface area contributed by atoms with Crippen molar-refractivity contribution in [3.63, 3.8) is 0 Å². The van der Waals surface area contributed by atoms with Crippen LogP contribution in [-0.2, 0) is 7.05 Å². The Labute approximate surface area is 162 Å². The van der Waals surface area contributed by atoms with Crippen molar-refractivity contribution < 1.29 is 0 Å². The first-order valence-corrected chi connectivity index (χ1v) is 9.29. The molecule has 1 fully saturated rings. The molecule has 8 heteroatoms. The Morgan fingerprint density at radius 2 is 2.00 bits per heavy atom. The van der Waals surface area contributed by atoms with Crippen LogP contribution in [0.2, 0.25) is 0 Å². The highest BCUT2D eigenvalue weighted by molar-refractivity contribution is 5.88. The third-order valence-electron chi connectivity index (χ3n) is 4.99. The smallest absolute Gasteiger partial charge is 0.225 e. The van der Waals surface area contributed by atoms with E-state index in [2.05, 4.69) is 30.3 Å². The second-order valence-corrected chi connectivity index (χ2v) is 6.95. The number of aromatic nitrogens is 6. The van der Waals surface area contributed by atoms with Gasteiger partial charge in [-0.05, 0) is 30.7 Å². The van der Waals surface area contributed by atoms with E-state index in [1.807, 2.05) is 49.9 Å². The van der Waals surface area contributed by atoms with Gasteiger partial charge in [-0.15, -0.1) is 0 Å². The molecule has 1 aliphatic heterocycles. The maximum absolute atomic E-state index is 4.74. The average Bonchev–Trinajstić information content (AvgIpc) is 3.38. The standard InChI is InChI=1S/C20H20N8/c1-27-12-14(11-24-27)17-4-9-23-20(26-17)28-10-6-15(13-28)25-19-16-3-2-7-21-18(16)5-8-22-19/h2-5,7-9,11-12,15H,6,10,13H2,1H3,(H,22,25). The van der Waals surface area contributed by atoms with E-state index in [0.29, 0.717) is 0 Å². The van der Waals surface area contributed by atoms with Crippen LogP contribution >= 0.6 is 0 Å². The minimum Gasteiger partial charge on any atom is -0.365 e. The summed E-state index contributed by atoms with van der Waals surface area (Å²) in [6.07, 6.45) is 10.2. The monoisotopic (exact) mass is 372 g/mol. The molecule has 0 spiro atoms. The van der Waals surface area contributed by atoms with E-state index in [0.717, 1.165) is 53.4 Å². The number of hydrogen-bond donors (Lipinski definition) is 1. The summed E-state index contributed by atoms with van der Waals surface area (Å²) >= 11 is 0. The van der Waals surface area contributed by atoms with Gasteiger partial charge in [0.15, 0.2) is 0 Å². The second-order valence-electron chi connectivity index (χ2n) is 6.95. The summed E-state index contributed by atoms with van der Waals surface area (Å²) in [7, 11) is 1.90. The lowest BCUT2D eigenvalue weighted by Gasteiger charge is -2.18. The zero-order valence-electron chi connectivity index (χ0n) is 15.5. The van der Waals surface area contributed by atoms with Gasteiger partial charge in [-0.1, -0.05) is 0 Å². The van der Waals surface area contributed by atoms with Gasteiger partial charge in [-0.3, -0.25) is 9.67 Å². The van der Waals surface area contributed by atoms with Gasteiger partial charge in [0.25, 0.3) is 0 Å². The van der Waals surface area contributed by atoms with Gasteiger partial charge < -0.3 is 10.2 Å². The number of hydrogen-bond acceptors (Lipinski definition) is 7. The molecule has 0 amide bonds. The third kappa shape index (κ3) is 3.13. The molecule has 1 N–H and O–H groups in total. The summed E-state index contributed by atoms with van der Waals surface area (Å²) in [5.41, 5.74) is 2.83. The van der Waals surface area contributed by atoms with E-state index in [-0.39, 0.29) is 6.04 Å². The molecular weight excluding hydrogens is 352 g/mol. The third-order valence-corrected chi connectivity index (χ3v) is 4.99. The highest BCUT2D eigenvalue weighted by atomic mass is 15.3. The van der Waals surface area contributed by atoms with Crippen LogP contribution in [0.3, 0.4) is 0 Å². The molecule has 1 unspecified atom stereocenters. The summed E-state index contributed by atoms with van der Waals surface area (Å²) in [5, 5.41) is 8.84. The van der Waals surface area contributed by atoms with Crippen LogP contribution in [0.4, 0.5) is 11.8 Å². The molecule has 0 saturated carbocycles.